The number of carbonyl (C=O) groups excluding carboxylic acids is 3. The van der Waals surface area contributed by atoms with Gasteiger partial charge in [0, 0.05) is 59.6 Å². The van der Waals surface area contributed by atoms with Gasteiger partial charge in [0.05, 0.1) is 40.4 Å². The molecular formula is C43H45F2N9O4. The third-order valence-corrected chi connectivity index (χ3v) is 13.1. The average Bonchev–Trinajstić information content (AvgIpc) is 3.79. The Balaban J connectivity index is 0.811. The number of aromatic nitrogens is 4. The summed E-state index contributed by atoms with van der Waals surface area (Å²) in [6.45, 7) is 6.69. The van der Waals surface area contributed by atoms with Crippen molar-refractivity contribution in [1.29, 1.82) is 5.26 Å². The van der Waals surface area contributed by atoms with E-state index in [2.05, 4.69) is 31.4 Å². The van der Waals surface area contributed by atoms with E-state index in [4.69, 9.17) is 5.10 Å². The van der Waals surface area contributed by atoms with Crippen LogP contribution < -0.4 is 15.5 Å². The highest BCUT2D eigenvalue weighted by molar-refractivity contribution is 6.05. The summed E-state index contributed by atoms with van der Waals surface area (Å²) in [7, 11) is 0. The van der Waals surface area contributed by atoms with Crippen LogP contribution in [-0.4, -0.2) is 79.3 Å². The fourth-order valence-electron chi connectivity index (χ4n) is 9.60. The lowest BCUT2D eigenvalue weighted by atomic mass is 9.66. The normalized spacial score (nSPS) is 20.7. The number of likely N-dealkylation sites (tertiary alicyclic amines) is 1. The maximum atomic E-state index is 15.2. The lowest BCUT2D eigenvalue weighted by Gasteiger charge is -2.52. The Kier molecular flexibility index (Phi) is 9.32. The number of anilines is 2. The summed E-state index contributed by atoms with van der Waals surface area (Å²) in [5, 5.41) is 35.6. The molecular weight excluding hydrogens is 745 g/mol. The number of rotatable bonds is 7. The summed E-state index contributed by atoms with van der Waals surface area (Å²) in [5.41, 5.74) is 2.33. The molecule has 5 aromatic rings. The number of hydrogen-bond donors (Lipinski definition) is 3. The Hall–Kier alpha value is -5.72. The van der Waals surface area contributed by atoms with Crippen LogP contribution in [-0.2, 0) is 15.2 Å². The Labute approximate surface area is 333 Å². The third kappa shape index (κ3) is 6.87. The maximum Gasteiger partial charge on any atom is 0.274 e. The van der Waals surface area contributed by atoms with Gasteiger partial charge in [-0.1, -0.05) is 0 Å². The van der Waals surface area contributed by atoms with E-state index < -0.39 is 40.9 Å². The van der Waals surface area contributed by atoms with Crippen LogP contribution in [0.5, 0.6) is 0 Å². The van der Waals surface area contributed by atoms with Gasteiger partial charge in [0.15, 0.2) is 0 Å². The van der Waals surface area contributed by atoms with Gasteiger partial charge in [-0.3, -0.25) is 29.3 Å². The van der Waals surface area contributed by atoms with Gasteiger partial charge in [-0.05, 0) is 120 Å². The molecule has 3 saturated heterocycles. The van der Waals surface area contributed by atoms with Crippen LogP contribution in [0.3, 0.4) is 0 Å². The Bertz CT molecular complexity index is 2490. The summed E-state index contributed by atoms with van der Waals surface area (Å²) in [5.74, 6) is -3.98. The number of amides is 3. The number of hydrogen-bond acceptors (Lipinski definition) is 9. The van der Waals surface area contributed by atoms with Crippen molar-refractivity contribution in [1.82, 2.24) is 29.6 Å². The quantitative estimate of drug-likeness (QED) is 0.170. The molecule has 300 valence electrons. The number of fused-ring (bicyclic) bond motifs is 2. The van der Waals surface area contributed by atoms with Gasteiger partial charge in [-0.25, -0.2) is 13.3 Å². The highest BCUT2D eigenvalue weighted by Gasteiger charge is 2.42. The topological polar surface area (TPSA) is 161 Å². The van der Waals surface area contributed by atoms with E-state index in [1.54, 1.807) is 32.0 Å². The van der Waals surface area contributed by atoms with E-state index in [1.807, 2.05) is 23.2 Å². The number of halogens is 2. The second kappa shape index (κ2) is 14.3. The first kappa shape index (κ1) is 37.8. The van der Waals surface area contributed by atoms with Gasteiger partial charge in [0.2, 0.25) is 11.8 Å². The van der Waals surface area contributed by atoms with Gasteiger partial charge in [-0.2, -0.15) is 15.5 Å². The summed E-state index contributed by atoms with van der Waals surface area (Å²) >= 11 is 0. The van der Waals surface area contributed by atoms with Crippen molar-refractivity contribution in [3.8, 4) is 6.07 Å². The molecule has 1 unspecified atom stereocenters. The molecule has 3 aromatic heterocycles. The summed E-state index contributed by atoms with van der Waals surface area (Å²) in [6.07, 6.45) is 10.0. The maximum absolute atomic E-state index is 15.2. The predicted octanol–water partition coefficient (Wildman–Crippen LogP) is 5.92. The van der Waals surface area contributed by atoms with Crippen molar-refractivity contribution in [2.45, 2.75) is 88.8 Å². The lowest BCUT2D eigenvalue weighted by molar-refractivity contribution is -0.134. The number of nitrogens with one attached hydrogen (secondary N) is 2. The second-order valence-electron chi connectivity index (χ2n) is 17.1. The molecule has 0 radical (unpaired) electrons. The number of benzene rings is 2. The molecule has 58 heavy (non-hydrogen) atoms. The molecule has 13 nitrogen and oxygen atoms in total. The van der Waals surface area contributed by atoms with Crippen LogP contribution in [0.15, 0.2) is 54.9 Å². The molecule has 1 aliphatic carbocycles. The third-order valence-electron chi connectivity index (χ3n) is 13.1. The van der Waals surface area contributed by atoms with E-state index in [0.29, 0.717) is 52.8 Å². The molecule has 4 fully saturated rings. The van der Waals surface area contributed by atoms with Crippen molar-refractivity contribution in [2.24, 2.45) is 5.41 Å². The molecule has 0 bridgehead atoms. The first-order chi connectivity index (χ1) is 27.8. The smallest absolute Gasteiger partial charge is 0.274 e. The van der Waals surface area contributed by atoms with E-state index in [9.17, 15) is 24.8 Å². The fraction of sp³-hybridized carbons (Fsp3) is 0.442. The van der Waals surface area contributed by atoms with Gasteiger partial charge < -0.3 is 15.3 Å². The minimum Gasteiger partial charge on any atom is -0.386 e. The number of nitrogens with zero attached hydrogens (tertiary/aromatic N) is 7. The number of aliphatic hydroxyl groups is 1. The average molecular weight is 790 g/mol. The van der Waals surface area contributed by atoms with E-state index in [0.717, 1.165) is 62.5 Å². The zero-order chi connectivity index (χ0) is 40.5. The number of carbonyl (C=O) groups is 3. The number of nitriles is 1. The Morgan fingerprint density at radius 1 is 1.00 bits per heavy atom. The van der Waals surface area contributed by atoms with Gasteiger partial charge in [0.25, 0.3) is 5.91 Å². The van der Waals surface area contributed by atoms with Crippen LogP contribution in [0.25, 0.3) is 16.4 Å². The summed E-state index contributed by atoms with van der Waals surface area (Å²) in [4.78, 5) is 41.8. The molecule has 9 rings (SSSR count). The molecule has 3 aliphatic heterocycles. The van der Waals surface area contributed by atoms with Gasteiger partial charge in [0.1, 0.15) is 23.4 Å². The van der Waals surface area contributed by atoms with Crippen molar-refractivity contribution in [2.75, 3.05) is 36.4 Å². The first-order valence-corrected chi connectivity index (χ1v) is 20.0. The molecule has 15 heteroatoms. The fourth-order valence-corrected chi connectivity index (χ4v) is 9.60. The predicted molar refractivity (Wildman–Crippen MR) is 211 cm³/mol. The van der Waals surface area contributed by atoms with E-state index in [-0.39, 0.29) is 29.9 Å². The van der Waals surface area contributed by atoms with Crippen LogP contribution in [0.4, 0.5) is 20.2 Å². The largest absolute Gasteiger partial charge is 0.386 e. The summed E-state index contributed by atoms with van der Waals surface area (Å²) in [6, 6.07) is 14.0. The van der Waals surface area contributed by atoms with E-state index >= 15 is 8.78 Å². The molecule has 3 amide bonds. The van der Waals surface area contributed by atoms with Crippen LogP contribution in [0.1, 0.15) is 104 Å². The Morgan fingerprint density at radius 3 is 2.40 bits per heavy atom. The Morgan fingerprint density at radius 2 is 1.72 bits per heavy atom. The number of imide groups is 1. The van der Waals surface area contributed by atoms with Crippen molar-refractivity contribution >= 4 is 45.5 Å². The zero-order valence-electron chi connectivity index (χ0n) is 32.5. The first-order valence-electron chi connectivity index (χ1n) is 20.0. The molecule has 1 atom stereocenters. The highest BCUT2D eigenvalue weighted by Crippen LogP contribution is 2.48. The molecule has 4 aliphatic rings. The van der Waals surface area contributed by atoms with Crippen LogP contribution in [0, 0.1) is 28.4 Å². The SMILES string of the molecule is CC(C)(O)c1cc2nn(C3CCC4(CC3)CCN(C3CN(c5cc(F)c(C6CCC(=O)NC6=O)c(F)c5)C3)CC4)cc2cc1NC(=O)c1ccc2cc(C#N)cnn12. The lowest BCUT2D eigenvalue weighted by Crippen LogP contribution is -2.61. The highest BCUT2D eigenvalue weighted by atomic mass is 19.1. The monoisotopic (exact) mass is 789 g/mol. The molecule has 3 N–H and O–H groups in total. The van der Waals surface area contributed by atoms with Gasteiger partial charge >= 0.3 is 0 Å². The van der Waals surface area contributed by atoms with Crippen molar-refractivity contribution in [3.63, 3.8) is 0 Å². The van der Waals surface area contributed by atoms with Crippen molar-refractivity contribution in [3.05, 3.63) is 88.9 Å². The molecule has 1 spiro atoms. The molecule has 2 aromatic carbocycles. The zero-order valence-corrected chi connectivity index (χ0v) is 32.5. The van der Waals surface area contributed by atoms with Crippen LogP contribution >= 0.6 is 0 Å². The standard InChI is InChI=1S/C43H45F2N9O4/c1-42(2,58)32-19-35-26(16-36(32)48-41(57)37-5-3-28-15-25(20-46)21-47-54(28)37)22-53(50-35)27-7-9-43(10-8-27)11-13-51(14-12-43)30-23-52(24-30)29-17-33(44)39(34(45)18-29)31-4-6-38(55)49-40(31)56/h3,5,15-19,21-22,27,30-31,58H,4,6-14,23-24H2,1-2H3,(H,48,57)(H,49,55,56). The van der Waals surface area contributed by atoms with E-state index in [1.165, 1.54) is 22.8 Å². The van der Waals surface area contributed by atoms with Crippen molar-refractivity contribution < 1.29 is 28.3 Å². The molecule has 1 saturated carbocycles. The van der Waals surface area contributed by atoms with Crippen LogP contribution in [0.2, 0.25) is 0 Å². The minimum absolute atomic E-state index is 0.0568. The summed E-state index contributed by atoms with van der Waals surface area (Å²) < 4.78 is 33.9. The second-order valence-corrected chi connectivity index (χ2v) is 17.1. The van der Waals surface area contributed by atoms with Gasteiger partial charge in [-0.15, -0.1) is 0 Å². The minimum atomic E-state index is -1.26. The number of piperidine rings is 2. The molecule has 6 heterocycles.